The summed E-state index contributed by atoms with van der Waals surface area (Å²) in [6.07, 6.45) is 6.34. The van der Waals surface area contributed by atoms with Gasteiger partial charge in [-0.25, -0.2) is 9.78 Å². The Balaban J connectivity index is 1.30. The molecule has 1 fully saturated rings. The molecule has 1 aliphatic heterocycles. The number of anilines is 3. The monoisotopic (exact) mass is 567 g/mol. The Morgan fingerprint density at radius 1 is 1.05 bits per heavy atom. The number of thiophene rings is 1. The molecular formula is C31H29N5O4S. The van der Waals surface area contributed by atoms with Gasteiger partial charge in [0.15, 0.2) is 0 Å². The average Bonchev–Trinajstić information content (AvgIpc) is 3.35. The molecule has 0 radical (unpaired) electrons. The lowest BCUT2D eigenvalue weighted by Crippen LogP contribution is -2.52. The fourth-order valence-corrected chi connectivity index (χ4v) is 6.52. The number of amides is 4. The van der Waals surface area contributed by atoms with Crippen LogP contribution >= 0.6 is 11.3 Å². The van der Waals surface area contributed by atoms with Crippen molar-refractivity contribution in [2.24, 2.45) is 0 Å². The van der Waals surface area contributed by atoms with Crippen LogP contribution in [0.2, 0.25) is 0 Å². The highest BCUT2D eigenvalue weighted by molar-refractivity contribution is 7.21. The first-order valence-electron chi connectivity index (χ1n) is 13.5. The molecule has 9 nitrogen and oxygen atoms in total. The van der Waals surface area contributed by atoms with Crippen LogP contribution in [0.1, 0.15) is 40.9 Å². The van der Waals surface area contributed by atoms with Crippen molar-refractivity contribution in [3.05, 3.63) is 83.9 Å². The molecule has 2 aromatic carbocycles. The number of hydrogen-bond acceptors (Lipinski definition) is 6. The van der Waals surface area contributed by atoms with Gasteiger partial charge in [-0.05, 0) is 67.8 Å². The number of nitrogens with one attached hydrogen (secondary N) is 3. The predicted octanol–water partition coefficient (Wildman–Crippen LogP) is 6.42. The van der Waals surface area contributed by atoms with Crippen LogP contribution in [0.5, 0.6) is 11.5 Å². The number of carbonyl (C=O) groups is 3. The van der Waals surface area contributed by atoms with Gasteiger partial charge in [0.2, 0.25) is 5.91 Å². The first-order chi connectivity index (χ1) is 19.9. The van der Waals surface area contributed by atoms with Gasteiger partial charge < -0.3 is 20.7 Å². The molecule has 0 bridgehead atoms. The predicted molar refractivity (Wildman–Crippen MR) is 160 cm³/mol. The van der Waals surface area contributed by atoms with Gasteiger partial charge in [0, 0.05) is 18.3 Å². The van der Waals surface area contributed by atoms with E-state index in [9.17, 15) is 14.4 Å². The molecule has 0 unspecified atom stereocenters. The van der Waals surface area contributed by atoms with Crippen molar-refractivity contribution in [3.8, 4) is 11.5 Å². The molecule has 2 aromatic heterocycles. The van der Waals surface area contributed by atoms with Crippen molar-refractivity contribution in [3.63, 3.8) is 0 Å². The number of aromatic nitrogens is 1. The summed E-state index contributed by atoms with van der Waals surface area (Å²) in [7, 11) is 0. The van der Waals surface area contributed by atoms with Crippen molar-refractivity contribution in [1.29, 1.82) is 0 Å². The summed E-state index contributed by atoms with van der Waals surface area (Å²) in [4.78, 5) is 46.2. The Labute approximate surface area is 241 Å². The number of benzene rings is 2. The van der Waals surface area contributed by atoms with Gasteiger partial charge in [-0.2, -0.15) is 0 Å². The maximum atomic E-state index is 13.6. The number of carbonyl (C=O) groups excluding carboxylic acids is 3. The summed E-state index contributed by atoms with van der Waals surface area (Å²) in [5.41, 5.74) is 2.65. The zero-order valence-electron chi connectivity index (χ0n) is 22.5. The van der Waals surface area contributed by atoms with E-state index in [4.69, 9.17) is 4.74 Å². The second kappa shape index (κ2) is 11.1. The number of aryl methyl sites for hydroxylation is 1. The van der Waals surface area contributed by atoms with Crippen molar-refractivity contribution >= 4 is 56.5 Å². The molecule has 3 N–H and O–H groups in total. The Hall–Kier alpha value is -4.70. The quantitative estimate of drug-likeness (QED) is 0.223. The van der Waals surface area contributed by atoms with E-state index in [0.29, 0.717) is 37.9 Å². The lowest BCUT2D eigenvalue weighted by molar-refractivity contribution is -0.117. The van der Waals surface area contributed by atoms with Gasteiger partial charge in [-0.3, -0.25) is 14.5 Å². The summed E-state index contributed by atoms with van der Waals surface area (Å²) in [5.74, 6) is 0.827. The number of pyridine rings is 1. The number of nitrogens with zero attached hydrogens (tertiary/aromatic N) is 2. The zero-order chi connectivity index (χ0) is 28.5. The molecule has 3 heterocycles. The largest absolute Gasteiger partial charge is 0.457 e. The molecule has 1 aliphatic carbocycles. The standard InChI is InChI=1S/C31H29N5O4S/c1-3-25(37)33-21-11-7-8-12-22(21)34-29(38)28-27-26-24(15-16-32-30(26)41-28)36(31(39)35-27)23-14-13-20(17-18(23)2)40-19-9-5-4-6-10-19/h3-6,9-10,13-17,21-22H,1,7-8,11-12H2,2H3,(H,33,37)(H,34,38)(H,35,39)/t21-,22+/m0/s1. The van der Waals surface area contributed by atoms with E-state index in [1.54, 1.807) is 17.2 Å². The van der Waals surface area contributed by atoms with Crippen LogP contribution in [-0.4, -0.2) is 34.9 Å². The van der Waals surface area contributed by atoms with Gasteiger partial charge in [0.25, 0.3) is 5.91 Å². The van der Waals surface area contributed by atoms with E-state index in [1.165, 1.54) is 17.4 Å². The number of hydrogen-bond donors (Lipinski definition) is 3. The minimum absolute atomic E-state index is 0.181. The molecule has 2 atom stereocenters. The lowest BCUT2D eigenvalue weighted by Gasteiger charge is -2.32. The zero-order valence-corrected chi connectivity index (χ0v) is 23.3. The minimum Gasteiger partial charge on any atom is -0.457 e. The molecule has 208 valence electrons. The third kappa shape index (κ3) is 5.14. The van der Waals surface area contributed by atoms with Crippen LogP contribution in [-0.2, 0) is 4.79 Å². The molecule has 4 aromatic rings. The van der Waals surface area contributed by atoms with Crippen LogP contribution in [0.15, 0.2) is 73.4 Å². The van der Waals surface area contributed by atoms with Gasteiger partial charge in [0.05, 0.1) is 22.4 Å². The molecule has 1 saturated carbocycles. The second-order valence-electron chi connectivity index (χ2n) is 10.1. The highest BCUT2D eigenvalue weighted by atomic mass is 32.1. The highest BCUT2D eigenvalue weighted by Crippen LogP contribution is 2.46. The fourth-order valence-electron chi connectivity index (χ4n) is 5.50. The first kappa shape index (κ1) is 26.5. The van der Waals surface area contributed by atoms with Gasteiger partial charge >= 0.3 is 6.03 Å². The Morgan fingerprint density at radius 2 is 1.80 bits per heavy atom. The van der Waals surface area contributed by atoms with E-state index < -0.39 is 0 Å². The number of para-hydroxylation sites is 1. The molecule has 10 heteroatoms. The van der Waals surface area contributed by atoms with Gasteiger partial charge in [-0.1, -0.05) is 37.6 Å². The van der Waals surface area contributed by atoms with Crippen molar-refractivity contribution in [2.45, 2.75) is 44.7 Å². The maximum absolute atomic E-state index is 13.6. The molecule has 0 spiro atoms. The van der Waals surface area contributed by atoms with E-state index in [0.717, 1.165) is 37.0 Å². The number of ether oxygens (including phenoxy) is 1. The third-order valence-corrected chi connectivity index (χ3v) is 8.53. The molecule has 6 rings (SSSR count). The van der Waals surface area contributed by atoms with E-state index in [2.05, 4.69) is 27.5 Å². The summed E-state index contributed by atoms with van der Waals surface area (Å²) in [6, 6.07) is 16.1. The molecule has 0 saturated heterocycles. The SMILES string of the molecule is C=CC(=O)N[C@H]1CCCC[C@H]1NC(=O)c1sc2nccc3c2c1NC(=O)N3c1ccc(Oc2ccccc2)cc1C. The Morgan fingerprint density at radius 3 is 2.54 bits per heavy atom. The minimum atomic E-state index is -0.369. The Bertz CT molecular complexity index is 1670. The number of rotatable bonds is 7. The van der Waals surface area contributed by atoms with E-state index in [-0.39, 0.29) is 29.9 Å². The fraction of sp³-hybridized carbons (Fsp3) is 0.226. The van der Waals surface area contributed by atoms with Crippen LogP contribution in [0.3, 0.4) is 0 Å². The first-order valence-corrected chi connectivity index (χ1v) is 14.3. The summed E-state index contributed by atoms with van der Waals surface area (Å²) < 4.78 is 5.97. The van der Waals surface area contributed by atoms with Crippen molar-refractivity contribution in [2.75, 3.05) is 10.2 Å². The lowest BCUT2D eigenvalue weighted by atomic mass is 9.90. The summed E-state index contributed by atoms with van der Waals surface area (Å²) >= 11 is 1.24. The summed E-state index contributed by atoms with van der Waals surface area (Å²) in [6.45, 7) is 5.45. The third-order valence-electron chi connectivity index (χ3n) is 7.44. The summed E-state index contributed by atoms with van der Waals surface area (Å²) in [5, 5.41) is 9.71. The van der Waals surface area contributed by atoms with E-state index in [1.807, 2.05) is 55.5 Å². The highest BCUT2D eigenvalue weighted by Gasteiger charge is 2.35. The molecule has 2 aliphatic rings. The van der Waals surface area contributed by atoms with Crippen LogP contribution < -0.4 is 25.6 Å². The molecular weight excluding hydrogens is 538 g/mol. The maximum Gasteiger partial charge on any atom is 0.331 e. The van der Waals surface area contributed by atoms with Crippen LogP contribution in [0, 0.1) is 6.92 Å². The van der Waals surface area contributed by atoms with E-state index >= 15 is 0 Å². The normalized spacial score (nSPS) is 18.0. The smallest absolute Gasteiger partial charge is 0.331 e. The van der Waals surface area contributed by atoms with Crippen molar-refractivity contribution < 1.29 is 19.1 Å². The van der Waals surface area contributed by atoms with Gasteiger partial charge in [-0.15, -0.1) is 11.3 Å². The average molecular weight is 568 g/mol. The van der Waals surface area contributed by atoms with Crippen LogP contribution in [0.4, 0.5) is 21.9 Å². The van der Waals surface area contributed by atoms with Crippen molar-refractivity contribution in [1.82, 2.24) is 15.6 Å². The van der Waals surface area contributed by atoms with Crippen LogP contribution in [0.25, 0.3) is 10.2 Å². The number of urea groups is 1. The topological polar surface area (TPSA) is 113 Å². The molecule has 41 heavy (non-hydrogen) atoms. The van der Waals surface area contributed by atoms with Gasteiger partial charge in [0.1, 0.15) is 21.2 Å². The molecule has 4 amide bonds. The second-order valence-corrected chi connectivity index (χ2v) is 11.1. The Kier molecular flexibility index (Phi) is 7.15.